The molecule has 68 valence electrons. The average Bonchev–Trinajstić information content (AvgIpc) is 2.03. The van der Waals surface area contributed by atoms with E-state index in [9.17, 15) is 19.0 Å². The number of hydrogen-bond donors (Lipinski definition) is 0. The number of carboxylic acid groups (broad SMARTS) is 1. The second-order valence-electron chi connectivity index (χ2n) is 2.10. The van der Waals surface area contributed by atoms with Crippen LogP contribution in [0.3, 0.4) is 0 Å². The summed E-state index contributed by atoms with van der Waals surface area (Å²) in [5.41, 5.74) is -0.290. The molecular formula is C7H4O5P-. The third-order valence-electron chi connectivity index (χ3n) is 1.28. The highest BCUT2D eigenvalue weighted by Gasteiger charge is 2.05. The van der Waals surface area contributed by atoms with E-state index in [1.807, 2.05) is 0 Å². The first-order valence-corrected chi connectivity index (χ1v) is 4.33. The van der Waals surface area contributed by atoms with Crippen LogP contribution in [0.15, 0.2) is 24.3 Å². The van der Waals surface area contributed by atoms with Crippen molar-refractivity contribution in [1.82, 2.24) is 0 Å². The number of carbonyl (C=O) groups excluding carboxylic acids is 1. The first-order chi connectivity index (χ1) is 6.11. The Morgan fingerprint density at radius 1 is 1.31 bits per heavy atom. The van der Waals surface area contributed by atoms with Crippen molar-refractivity contribution in [3.63, 3.8) is 0 Å². The first kappa shape index (κ1) is 9.48. The fourth-order valence-corrected chi connectivity index (χ4v) is 1.11. The van der Waals surface area contributed by atoms with Gasteiger partial charge in [-0.1, -0.05) is 12.1 Å². The molecule has 0 heterocycles. The number of carbonyl (C=O) groups is 1. The summed E-state index contributed by atoms with van der Waals surface area (Å²) in [6, 6.07) is 5.33. The molecule has 0 atom stereocenters. The predicted octanol–water partition coefficient (Wildman–Crippen LogP) is 0.517. The molecule has 0 amide bonds. The van der Waals surface area contributed by atoms with E-state index in [0.29, 0.717) is 0 Å². The monoisotopic (exact) mass is 199 g/mol. The highest BCUT2D eigenvalue weighted by atomic mass is 31.1. The van der Waals surface area contributed by atoms with Crippen molar-refractivity contribution < 1.29 is 23.6 Å². The minimum Gasteiger partial charge on any atom is -0.545 e. The highest BCUT2D eigenvalue weighted by Crippen LogP contribution is 2.22. The molecule has 0 aliphatic heterocycles. The van der Waals surface area contributed by atoms with E-state index >= 15 is 0 Å². The van der Waals surface area contributed by atoms with Gasteiger partial charge in [-0.2, -0.15) is 9.13 Å². The van der Waals surface area contributed by atoms with Crippen molar-refractivity contribution >= 4 is 13.9 Å². The van der Waals surface area contributed by atoms with Crippen LogP contribution in [-0.2, 0) is 9.13 Å². The normalized spacial score (nSPS) is 9.23. The Balaban J connectivity index is 3.11. The Hall–Kier alpha value is -1.61. The van der Waals surface area contributed by atoms with Gasteiger partial charge in [0.15, 0.2) is 0 Å². The Bertz CT molecular complexity index is 388. The number of benzene rings is 1. The van der Waals surface area contributed by atoms with E-state index in [1.54, 1.807) is 0 Å². The second kappa shape index (κ2) is 3.87. The molecule has 0 saturated carbocycles. The lowest BCUT2D eigenvalue weighted by molar-refractivity contribution is -0.255. The van der Waals surface area contributed by atoms with E-state index in [1.165, 1.54) is 24.3 Å². The fourth-order valence-electron chi connectivity index (χ4n) is 0.795. The van der Waals surface area contributed by atoms with Crippen LogP contribution >= 0.6 is 7.91 Å². The minimum absolute atomic E-state index is 0.237. The summed E-state index contributed by atoms with van der Waals surface area (Å²) in [6.07, 6.45) is 0. The van der Waals surface area contributed by atoms with Crippen molar-refractivity contribution in [2.75, 3.05) is 0 Å². The molecule has 1 rings (SSSR count). The highest BCUT2D eigenvalue weighted by molar-refractivity contribution is 7.25. The van der Waals surface area contributed by atoms with Crippen molar-refractivity contribution in [3.8, 4) is 5.75 Å². The van der Waals surface area contributed by atoms with Gasteiger partial charge in [0, 0.05) is 5.56 Å². The van der Waals surface area contributed by atoms with Crippen LogP contribution in [0.5, 0.6) is 5.75 Å². The molecule has 0 bridgehead atoms. The number of aromatic carboxylic acids is 1. The van der Waals surface area contributed by atoms with Crippen LogP contribution < -0.4 is 9.63 Å². The molecule has 0 radical (unpaired) electrons. The maximum absolute atomic E-state index is 10.4. The Labute approximate surface area is 73.9 Å². The van der Waals surface area contributed by atoms with Crippen LogP contribution in [0.4, 0.5) is 0 Å². The lowest BCUT2D eigenvalue weighted by Crippen LogP contribution is -2.22. The quantitative estimate of drug-likeness (QED) is 0.662. The predicted molar refractivity (Wildman–Crippen MR) is 39.7 cm³/mol. The third-order valence-corrected chi connectivity index (χ3v) is 1.63. The zero-order valence-corrected chi connectivity index (χ0v) is 7.19. The van der Waals surface area contributed by atoms with Gasteiger partial charge in [0.2, 0.25) is 0 Å². The Morgan fingerprint density at radius 2 is 1.92 bits per heavy atom. The van der Waals surface area contributed by atoms with Gasteiger partial charge >= 0.3 is 7.91 Å². The summed E-state index contributed by atoms with van der Waals surface area (Å²) in [4.78, 5) is 10.4. The first-order valence-electron chi connectivity index (χ1n) is 3.24. The van der Waals surface area contributed by atoms with Gasteiger partial charge in [0.25, 0.3) is 0 Å². The van der Waals surface area contributed by atoms with E-state index in [0.717, 1.165) is 0 Å². The SMILES string of the molecule is O=C([O-])c1ccccc1OP(=O)=O. The molecule has 0 aromatic heterocycles. The smallest absolute Gasteiger partial charge is 0.529 e. The Morgan fingerprint density at radius 3 is 2.46 bits per heavy atom. The van der Waals surface area contributed by atoms with Crippen molar-refractivity contribution in [2.24, 2.45) is 0 Å². The van der Waals surface area contributed by atoms with Gasteiger partial charge in [0.1, 0.15) is 5.75 Å². The molecule has 0 fully saturated rings. The van der Waals surface area contributed by atoms with Crippen LogP contribution in [0.25, 0.3) is 0 Å². The summed E-state index contributed by atoms with van der Waals surface area (Å²) in [5, 5.41) is 10.4. The molecule has 0 saturated heterocycles. The molecule has 5 nitrogen and oxygen atoms in total. The standard InChI is InChI=1S/C7H5O5P/c8-7(9)5-3-1-2-4-6(5)12-13(10)11/h1-4H,(H,8,9)/p-1. The molecule has 0 N–H and O–H groups in total. The van der Waals surface area contributed by atoms with Gasteiger partial charge in [-0.25, -0.2) is 0 Å². The lowest BCUT2D eigenvalue weighted by Gasteiger charge is -2.05. The number of carboxylic acids is 1. The van der Waals surface area contributed by atoms with Crippen LogP contribution in [0, 0.1) is 0 Å². The molecule has 6 heteroatoms. The largest absolute Gasteiger partial charge is 0.545 e. The maximum atomic E-state index is 10.4. The lowest BCUT2D eigenvalue weighted by atomic mass is 10.2. The van der Waals surface area contributed by atoms with Gasteiger partial charge in [-0.15, -0.1) is 0 Å². The van der Waals surface area contributed by atoms with Gasteiger partial charge < -0.3 is 14.4 Å². The summed E-state index contributed by atoms with van der Waals surface area (Å²) in [5.74, 6) is -1.72. The molecule has 1 aromatic rings. The summed E-state index contributed by atoms with van der Waals surface area (Å²) < 4.78 is 24.5. The topological polar surface area (TPSA) is 83.5 Å². The molecular weight excluding hydrogens is 195 g/mol. The zero-order chi connectivity index (χ0) is 9.84. The van der Waals surface area contributed by atoms with Crippen LogP contribution in [0.1, 0.15) is 10.4 Å². The number of rotatable bonds is 3. The molecule has 13 heavy (non-hydrogen) atoms. The second-order valence-corrected chi connectivity index (χ2v) is 2.73. The van der Waals surface area contributed by atoms with E-state index in [-0.39, 0.29) is 11.3 Å². The van der Waals surface area contributed by atoms with Crippen LogP contribution in [-0.4, -0.2) is 5.97 Å². The summed E-state index contributed by atoms with van der Waals surface area (Å²) in [6.45, 7) is 0. The molecule has 0 aliphatic carbocycles. The molecule has 0 aliphatic rings. The fraction of sp³-hybridized carbons (Fsp3) is 0. The van der Waals surface area contributed by atoms with Gasteiger partial charge in [-0.05, 0) is 12.1 Å². The Kier molecular flexibility index (Phi) is 2.82. The van der Waals surface area contributed by atoms with Crippen LogP contribution in [0.2, 0.25) is 0 Å². The maximum Gasteiger partial charge on any atom is 0.529 e. The number of hydrogen-bond acceptors (Lipinski definition) is 5. The zero-order valence-electron chi connectivity index (χ0n) is 6.30. The molecule has 0 unspecified atom stereocenters. The van der Waals surface area contributed by atoms with Gasteiger partial charge in [0.05, 0.1) is 5.97 Å². The van der Waals surface area contributed by atoms with E-state index in [4.69, 9.17) is 0 Å². The van der Waals surface area contributed by atoms with Crippen molar-refractivity contribution in [2.45, 2.75) is 0 Å². The minimum atomic E-state index is -3.11. The van der Waals surface area contributed by atoms with E-state index in [2.05, 4.69) is 4.52 Å². The average molecular weight is 199 g/mol. The van der Waals surface area contributed by atoms with E-state index < -0.39 is 13.9 Å². The molecule has 0 spiro atoms. The van der Waals surface area contributed by atoms with Crippen molar-refractivity contribution in [1.29, 1.82) is 0 Å². The van der Waals surface area contributed by atoms with Gasteiger partial charge in [-0.3, -0.25) is 0 Å². The summed E-state index contributed by atoms with van der Waals surface area (Å²) in [7, 11) is -3.11. The number of para-hydroxylation sites is 1. The third kappa shape index (κ3) is 2.42. The van der Waals surface area contributed by atoms with Crippen molar-refractivity contribution in [3.05, 3.63) is 29.8 Å². The molecule has 1 aromatic carbocycles. The summed E-state index contributed by atoms with van der Waals surface area (Å²) >= 11 is 0.